The van der Waals surface area contributed by atoms with Crippen molar-refractivity contribution in [1.82, 2.24) is 4.90 Å². The van der Waals surface area contributed by atoms with Crippen molar-refractivity contribution in [2.45, 2.75) is 26.6 Å². The fourth-order valence-corrected chi connectivity index (χ4v) is 2.50. The van der Waals surface area contributed by atoms with Crippen LogP contribution in [0.25, 0.3) is 0 Å². The molecule has 156 valence electrons. The summed E-state index contributed by atoms with van der Waals surface area (Å²) < 4.78 is 56.7. The Labute approximate surface area is 170 Å². The first-order chi connectivity index (χ1) is 13.5. The maximum atomic E-state index is 13.9. The minimum Gasteiger partial charge on any atom is -0.457 e. The lowest BCUT2D eigenvalue weighted by Crippen LogP contribution is -2.14. The summed E-state index contributed by atoms with van der Waals surface area (Å²) in [5.74, 6) is -1.88. The van der Waals surface area contributed by atoms with Crippen LogP contribution in [0, 0.1) is 12.7 Å². The van der Waals surface area contributed by atoms with Crippen LogP contribution in [-0.2, 0) is 17.5 Å². The van der Waals surface area contributed by atoms with Gasteiger partial charge in [0.15, 0.2) is 0 Å². The van der Waals surface area contributed by atoms with Gasteiger partial charge in [0.05, 0.1) is 28.2 Å². The molecule has 0 atom stereocenters. The number of benzene rings is 2. The Morgan fingerprint density at radius 1 is 1.28 bits per heavy atom. The van der Waals surface area contributed by atoms with Gasteiger partial charge in [0.25, 0.3) is 0 Å². The van der Waals surface area contributed by atoms with E-state index in [0.717, 1.165) is 18.7 Å². The van der Waals surface area contributed by atoms with Gasteiger partial charge in [-0.15, -0.1) is 0 Å². The molecule has 0 unspecified atom stereocenters. The Hall–Kier alpha value is -2.61. The van der Waals surface area contributed by atoms with Gasteiger partial charge in [-0.05, 0) is 43.7 Å². The largest absolute Gasteiger partial charge is 0.457 e. The summed E-state index contributed by atoms with van der Waals surface area (Å²) in [7, 11) is 1.84. The molecule has 0 amide bonds. The number of carbonyl (C=O) groups is 1. The van der Waals surface area contributed by atoms with E-state index in [9.17, 15) is 22.4 Å². The van der Waals surface area contributed by atoms with Gasteiger partial charge in [-0.2, -0.15) is 13.2 Å². The quantitative estimate of drug-likeness (QED) is 0.253. The molecule has 0 heterocycles. The summed E-state index contributed by atoms with van der Waals surface area (Å²) in [6, 6.07) is 5.03. The van der Waals surface area contributed by atoms with Crippen molar-refractivity contribution in [2.75, 3.05) is 13.6 Å². The Morgan fingerprint density at radius 2 is 1.97 bits per heavy atom. The van der Waals surface area contributed by atoms with E-state index in [2.05, 4.69) is 4.99 Å². The highest BCUT2D eigenvalue weighted by molar-refractivity contribution is 6.33. The van der Waals surface area contributed by atoms with Crippen LogP contribution >= 0.6 is 11.6 Å². The molecular weight excluding hydrogens is 412 g/mol. The van der Waals surface area contributed by atoms with Crippen LogP contribution in [0.2, 0.25) is 5.02 Å². The maximum Gasteiger partial charge on any atom is 0.416 e. The number of halogens is 5. The SMILES string of the molecule is CCN(C)C=Nc1cc(C)c(C(=O)OCc2ccc(C(F)(F)F)cc2F)cc1Cl. The molecule has 2 rings (SSSR count). The van der Waals surface area contributed by atoms with Crippen LogP contribution in [0.3, 0.4) is 0 Å². The minimum absolute atomic E-state index is 0.158. The molecule has 0 N–H and O–H groups in total. The van der Waals surface area contributed by atoms with Crippen molar-refractivity contribution in [3.63, 3.8) is 0 Å². The van der Waals surface area contributed by atoms with Crippen molar-refractivity contribution < 1.29 is 27.1 Å². The smallest absolute Gasteiger partial charge is 0.416 e. The summed E-state index contributed by atoms with van der Waals surface area (Å²) in [6.07, 6.45) is -3.05. The monoisotopic (exact) mass is 430 g/mol. The zero-order chi connectivity index (χ0) is 21.8. The van der Waals surface area contributed by atoms with Crippen LogP contribution in [0.4, 0.5) is 23.2 Å². The first-order valence-corrected chi connectivity index (χ1v) is 8.98. The highest BCUT2D eigenvalue weighted by atomic mass is 35.5. The second kappa shape index (κ2) is 9.26. The molecule has 9 heteroatoms. The van der Waals surface area contributed by atoms with Gasteiger partial charge in [-0.25, -0.2) is 14.2 Å². The molecule has 0 spiro atoms. The van der Waals surface area contributed by atoms with Gasteiger partial charge in [-0.1, -0.05) is 17.7 Å². The van der Waals surface area contributed by atoms with Crippen molar-refractivity contribution in [3.05, 3.63) is 63.4 Å². The molecule has 2 aromatic rings. The molecule has 0 radical (unpaired) electrons. The van der Waals surface area contributed by atoms with Crippen LogP contribution < -0.4 is 0 Å². The van der Waals surface area contributed by atoms with E-state index in [0.29, 0.717) is 17.3 Å². The van der Waals surface area contributed by atoms with E-state index in [4.69, 9.17) is 16.3 Å². The second-order valence-electron chi connectivity index (χ2n) is 6.32. The van der Waals surface area contributed by atoms with Gasteiger partial charge >= 0.3 is 12.1 Å². The predicted octanol–water partition coefficient (Wildman–Crippen LogP) is 5.77. The average Bonchev–Trinajstić information content (AvgIpc) is 2.65. The van der Waals surface area contributed by atoms with E-state index in [1.807, 2.05) is 18.9 Å². The zero-order valence-electron chi connectivity index (χ0n) is 16.0. The molecule has 0 saturated heterocycles. The van der Waals surface area contributed by atoms with Gasteiger partial charge in [0.2, 0.25) is 0 Å². The van der Waals surface area contributed by atoms with Crippen molar-refractivity contribution in [3.8, 4) is 0 Å². The highest BCUT2D eigenvalue weighted by Gasteiger charge is 2.31. The second-order valence-corrected chi connectivity index (χ2v) is 6.72. The van der Waals surface area contributed by atoms with Crippen molar-refractivity contribution in [2.24, 2.45) is 4.99 Å². The number of aryl methyl sites for hydroxylation is 1. The van der Waals surface area contributed by atoms with E-state index in [1.54, 1.807) is 19.3 Å². The number of aliphatic imine (C=N–C) groups is 1. The third-order valence-electron chi connectivity index (χ3n) is 4.15. The molecule has 2 aromatic carbocycles. The number of esters is 1. The lowest BCUT2D eigenvalue weighted by atomic mass is 10.1. The van der Waals surface area contributed by atoms with E-state index in [1.165, 1.54) is 6.07 Å². The van der Waals surface area contributed by atoms with E-state index in [-0.39, 0.29) is 16.1 Å². The number of rotatable bonds is 6. The van der Waals surface area contributed by atoms with Gasteiger partial charge in [0, 0.05) is 19.2 Å². The summed E-state index contributed by atoms with van der Waals surface area (Å²) in [5, 5.41) is 0.226. The lowest BCUT2D eigenvalue weighted by molar-refractivity contribution is -0.137. The maximum absolute atomic E-state index is 13.9. The summed E-state index contributed by atoms with van der Waals surface area (Å²) >= 11 is 6.17. The summed E-state index contributed by atoms with van der Waals surface area (Å²) in [4.78, 5) is 18.4. The number of carbonyl (C=O) groups excluding carboxylic acids is 1. The molecule has 0 aliphatic heterocycles. The molecule has 0 fully saturated rings. The highest BCUT2D eigenvalue weighted by Crippen LogP contribution is 2.31. The lowest BCUT2D eigenvalue weighted by Gasteiger charge is -2.12. The Kier molecular flexibility index (Phi) is 7.24. The number of alkyl halides is 3. The van der Waals surface area contributed by atoms with Crippen molar-refractivity contribution >= 4 is 29.6 Å². The van der Waals surface area contributed by atoms with Crippen LogP contribution in [-0.4, -0.2) is 30.8 Å². The van der Waals surface area contributed by atoms with E-state index >= 15 is 0 Å². The fraction of sp³-hybridized carbons (Fsp3) is 0.300. The fourth-order valence-electron chi connectivity index (χ4n) is 2.29. The van der Waals surface area contributed by atoms with Crippen LogP contribution in [0.1, 0.15) is 34.0 Å². The average molecular weight is 431 g/mol. The predicted molar refractivity (Wildman–Crippen MR) is 103 cm³/mol. The topological polar surface area (TPSA) is 41.9 Å². The van der Waals surface area contributed by atoms with Gasteiger partial charge in [0.1, 0.15) is 12.4 Å². The molecule has 0 bridgehead atoms. The Bertz CT molecular complexity index is 929. The molecule has 0 aromatic heterocycles. The Balaban J connectivity index is 2.13. The Morgan fingerprint density at radius 3 is 2.55 bits per heavy atom. The van der Waals surface area contributed by atoms with Crippen LogP contribution in [0.15, 0.2) is 35.3 Å². The van der Waals surface area contributed by atoms with Crippen molar-refractivity contribution in [1.29, 1.82) is 0 Å². The van der Waals surface area contributed by atoms with Gasteiger partial charge in [-0.3, -0.25) is 0 Å². The summed E-state index contributed by atoms with van der Waals surface area (Å²) in [6.45, 7) is 3.86. The molecule has 29 heavy (non-hydrogen) atoms. The molecular formula is C20H19ClF4N2O2. The first-order valence-electron chi connectivity index (χ1n) is 8.60. The number of ether oxygens (including phenoxy) is 1. The van der Waals surface area contributed by atoms with Gasteiger partial charge < -0.3 is 9.64 Å². The minimum atomic E-state index is -4.65. The summed E-state index contributed by atoms with van der Waals surface area (Å²) in [5.41, 5.74) is -0.116. The molecule has 0 saturated carbocycles. The van der Waals surface area contributed by atoms with E-state index < -0.39 is 30.1 Å². The molecule has 4 nitrogen and oxygen atoms in total. The first kappa shape index (κ1) is 22.7. The normalized spacial score (nSPS) is 11.7. The number of nitrogens with zero attached hydrogens (tertiary/aromatic N) is 2. The standard InChI is InChI=1S/C20H19ClF4N2O2/c1-4-27(3)11-26-18-7-12(2)15(9-16(18)21)19(28)29-10-13-5-6-14(8-17(13)22)20(23,24)25/h5-9,11H,4,10H2,1-3H3. The third-order valence-corrected chi connectivity index (χ3v) is 4.45. The molecule has 0 aliphatic carbocycles. The third kappa shape index (κ3) is 5.93. The number of hydrogen-bond acceptors (Lipinski definition) is 3. The van der Waals surface area contributed by atoms with Crippen LogP contribution in [0.5, 0.6) is 0 Å². The molecule has 0 aliphatic rings. The zero-order valence-corrected chi connectivity index (χ0v) is 16.7. The number of hydrogen-bond donors (Lipinski definition) is 0.